The highest BCUT2D eigenvalue weighted by molar-refractivity contribution is 5.85. The third-order valence-corrected chi connectivity index (χ3v) is 3.57. The average molecular weight is 248 g/mol. The Morgan fingerprint density at radius 2 is 1.89 bits per heavy atom. The average Bonchev–Trinajstić information content (AvgIpc) is 3.23. The van der Waals surface area contributed by atoms with Crippen molar-refractivity contribution in [1.29, 1.82) is 0 Å². The van der Waals surface area contributed by atoms with Gasteiger partial charge in [-0.3, -0.25) is 4.90 Å². The van der Waals surface area contributed by atoms with Gasteiger partial charge in [0, 0.05) is 32.2 Å². The second kappa shape index (κ2) is 4.53. The van der Waals surface area contributed by atoms with Crippen LogP contribution in [0.15, 0.2) is 12.1 Å². The van der Waals surface area contributed by atoms with E-state index in [2.05, 4.69) is 20.0 Å². The second-order valence-electron chi connectivity index (χ2n) is 4.84. The van der Waals surface area contributed by atoms with Crippen LogP contribution in [0.5, 0.6) is 0 Å². The lowest BCUT2D eigenvalue weighted by atomic mass is 10.3. The molecular formula is C12H16N4O2. The number of piperazine rings is 1. The van der Waals surface area contributed by atoms with Crippen molar-refractivity contribution in [1.82, 2.24) is 15.1 Å². The summed E-state index contributed by atoms with van der Waals surface area (Å²) in [5.41, 5.74) is -0.00429. The number of carboxylic acid groups (broad SMARTS) is 1. The number of hydrogen-bond donors (Lipinski definition) is 1. The van der Waals surface area contributed by atoms with Crippen molar-refractivity contribution in [3.05, 3.63) is 17.8 Å². The van der Waals surface area contributed by atoms with Gasteiger partial charge in [0.25, 0.3) is 0 Å². The molecule has 18 heavy (non-hydrogen) atoms. The van der Waals surface area contributed by atoms with Gasteiger partial charge in [0.15, 0.2) is 11.5 Å². The molecule has 6 heteroatoms. The highest BCUT2D eigenvalue weighted by Crippen LogP contribution is 2.28. The smallest absolute Gasteiger partial charge is 0.356 e. The van der Waals surface area contributed by atoms with Crippen molar-refractivity contribution in [2.24, 2.45) is 0 Å². The van der Waals surface area contributed by atoms with Crippen molar-refractivity contribution >= 4 is 11.8 Å². The minimum Gasteiger partial charge on any atom is -0.476 e. The van der Waals surface area contributed by atoms with E-state index in [-0.39, 0.29) is 5.69 Å². The summed E-state index contributed by atoms with van der Waals surface area (Å²) in [7, 11) is 0. The van der Waals surface area contributed by atoms with E-state index in [0.717, 1.165) is 38.0 Å². The first kappa shape index (κ1) is 11.4. The maximum absolute atomic E-state index is 10.7. The second-order valence-corrected chi connectivity index (χ2v) is 4.84. The van der Waals surface area contributed by atoms with E-state index in [1.807, 2.05) is 0 Å². The van der Waals surface area contributed by atoms with Crippen LogP contribution in [-0.2, 0) is 0 Å². The molecule has 0 aromatic carbocycles. The predicted octanol–water partition coefficient (Wildman–Crippen LogP) is 0.459. The molecule has 1 aliphatic carbocycles. The molecule has 0 atom stereocenters. The van der Waals surface area contributed by atoms with E-state index in [1.165, 1.54) is 18.9 Å². The van der Waals surface area contributed by atoms with E-state index in [4.69, 9.17) is 5.11 Å². The molecule has 1 saturated carbocycles. The number of carboxylic acids is 1. The third-order valence-electron chi connectivity index (χ3n) is 3.57. The Morgan fingerprint density at radius 3 is 2.39 bits per heavy atom. The number of hydrogen-bond acceptors (Lipinski definition) is 5. The standard InChI is InChI=1S/C12H16N4O2/c17-12(18)10-3-4-11(14-13-10)16-7-5-15(6-8-16)9-1-2-9/h3-4,9H,1-2,5-8H2,(H,17,18). The quantitative estimate of drug-likeness (QED) is 0.838. The van der Waals surface area contributed by atoms with E-state index in [9.17, 15) is 4.79 Å². The Bertz CT molecular complexity index is 436. The minimum absolute atomic E-state index is 0.00429. The Labute approximate surface area is 105 Å². The van der Waals surface area contributed by atoms with E-state index >= 15 is 0 Å². The van der Waals surface area contributed by atoms with Crippen molar-refractivity contribution in [3.63, 3.8) is 0 Å². The number of rotatable bonds is 3. The summed E-state index contributed by atoms with van der Waals surface area (Å²) in [6, 6.07) is 4.06. The lowest BCUT2D eigenvalue weighted by molar-refractivity contribution is 0.0689. The Balaban J connectivity index is 1.62. The summed E-state index contributed by atoms with van der Waals surface area (Å²) < 4.78 is 0. The largest absolute Gasteiger partial charge is 0.476 e. The Hall–Kier alpha value is -1.69. The van der Waals surface area contributed by atoms with Gasteiger partial charge in [-0.1, -0.05) is 0 Å². The van der Waals surface area contributed by atoms with E-state index in [0.29, 0.717) is 0 Å². The zero-order chi connectivity index (χ0) is 12.5. The number of nitrogens with zero attached hydrogens (tertiary/aromatic N) is 4. The fourth-order valence-electron chi connectivity index (χ4n) is 2.36. The first-order chi connectivity index (χ1) is 8.74. The van der Waals surface area contributed by atoms with Gasteiger partial charge < -0.3 is 10.0 Å². The van der Waals surface area contributed by atoms with Crippen LogP contribution >= 0.6 is 0 Å². The van der Waals surface area contributed by atoms with E-state index < -0.39 is 5.97 Å². The molecule has 96 valence electrons. The Kier molecular flexibility index (Phi) is 2.87. The molecule has 1 aromatic rings. The zero-order valence-electron chi connectivity index (χ0n) is 10.1. The van der Waals surface area contributed by atoms with Crippen LogP contribution in [0.1, 0.15) is 23.3 Å². The summed E-state index contributed by atoms with van der Waals surface area (Å²) in [4.78, 5) is 15.4. The van der Waals surface area contributed by atoms with Crippen molar-refractivity contribution in [2.45, 2.75) is 18.9 Å². The SMILES string of the molecule is O=C(O)c1ccc(N2CCN(C3CC3)CC2)nn1. The van der Waals surface area contributed by atoms with Crippen molar-refractivity contribution in [2.75, 3.05) is 31.1 Å². The van der Waals surface area contributed by atoms with Crippen LogP contribution < -0.4 is 4.90 Å². The molecule has 2 heterocycles. The molecule has 0 radical (unpaired) electrons. The fraction of sp³-hybridized carbons (Fsp3) is 0.583. The van der Waals surface area contributed by atoms with Crippen molar-refractivity contribution < 1.29 is 9.90 Å². The maximum atomic E-state index is 10.7. The molecule has 6 nitrogen and oxygen atoms in total. The van der Waals surface area contributed by atoms with Gasteiger partial charge >= 0.3 is 5.97 Å². The number of anilines is 1. The van der Waals surface area contributed by atoms with Gasteiger partial charge in [0.05, 0.1) is 0 Å². The monoisotopic (exact) mass is 248 g/mol. The third kappa shape index (κ3) is 2.28. The first-order valence-corrected chi connectivity index (χ1v) is 6.30. The molecule has 2 fully saturated rings. The number of aromatic carboxylic acids is 1. The molecule has 1 aliphatic heterocycles. The van der Waals surface area contributed by atoms with Gasteiger partial charge in [-0.25, -0.2) is 4.79 Å². The molecule has 2 aliphatic rings. The first-order valence-electron chi connectivity index (χ1n) is 6.30. The van der Waals surface area contributed by atoms with Crippen LogP contribution in [0.3, 0.4) is 0 Å². The summed E-state index contributed by atoms with van der Waals surface area (Å²) in [5, 5.41) is 16.5. The van der Waals surface area contributed by atoms with Crippen LogP contribution in [0.25, 0.3) is 0 Å². The zero-order valence-corrected chi connectivity index (χ0v) is 10.1. The summed E-state index contributed by atoms with van der Waals surface area (Å²) in [6.45, 7) is 4.01. The molecule has 0 amide bonds. The molecule has 3 rings (SSSR count). The van der Waals surface area contributed by atoms with Crippen LogP contribution in [0.4, 0.5) is 5.82 Å². The van der Waals surface area contributed by atoms with Crippen molar-refractivity contribution in [3.8, 4) is 0 Å². The molecular weight excluding hydrogens is 232 g/mol. The van der Waals surface area contributed by atoms with Gasteiger partial charge in [0.2, 0.25) is 0 Å². The maximum Gasteiger partial charge on any atom is 0.356 e. The normalized spacial score (nSPS) is 21.0. The molecule has 1 aromatic heterocycles. The number of carbonyl (C=O) groups is 1. The van der Waals surface area contributed by atoms with Gasteiger partial charge in [-0.15, -0.1) is 10.2 Å². The lowest BCUT2D eigenvalue weighted by Crippen LogP contribution is -2.47. The summed E-state index contributed by atoms with van der Waals surface area (Å²) in [6.07, 6.45) is 2.68. The highest BCUT2D eigenvalue weighted by Gasteiger charge is 2.31. The summed E-state index contributed by atoms with van der Waals surface area (Å²) >= 11 is 0. The predicted molar refractivity (Wildman–Crippen MR) is 65.8 cm³/mol. The van der Waals surface area contributed by atoms with Crippen LogP contribution in [0, 0.1) is 0 Å². The fourth-order valence-corrected chi connectivity index (χ4v) is 2.36. The molecule has 1 N–H and O–H groups in total. The molecule has 1 saturated heterocycles. The van der Waals surface area contributed by atoms with Gasteiger partial charge in [-0.2, -0.15) is 0 Å². The number of aromatic nitrogens is 2. The minimum atomic E-state index is -1.03. The van der Waals surface area contributed by atoms with E-state index in [1.54, 1.807) is 6.07 Å². The topological polar surface area (TPSA) is 69.6 Å². The molecule has 0 unspecified atom stereocenters. The highest BCUT2D eigenvalue weighted by atomic mass is 16.4. The van der Waals surface area contributed by atoms with Crippen LogP contribution in [0.2, 0.25) is 0 Å². The van der Waals surface area contributed by atoms with Gasteiger partial charge in [-0.05, 0) is 25.0 Å². The Morgan fingerprint density at radius 1 is 1.17 bits per heavy atom. The summed E-state index contributed by atoms with van der Waals surface area (Å²) in [5.74, 6) is -0.261. The molecule has 0 spiro atoms. The lowest BCUT2D eigenvalue weighted by Gasteiger charge is -2.35. The van der Waals surface area contributed by atoms with Gasteiger partial charge in [0.1, 0.15) is 0 Å². The van der Waals surface area contributed by atoms with Crippen LogP contribution in [-0.4, -0.2) is 58.4 Å². The molecule has 0 bridgehead atoms.